The van der Waals surface area contributed by atoms with Crippen molar-refractivity contribution >= 4 is 16.3 Å². The van der Waals surface area contributed by atoms with Crippen LogP contribution in [0.25, 0.3) is 27.5 Å². The summed E-state index contributed by atoms with van der Waals surface area (Å²) >= 11 is 0. The number of fused-ring (bicyclic) bond motifs is 1. The molecule has 0 aliphatic carbocycles. The van der Waals surface area contributed by atoms with Crippen LogP contribution in [0.15, 0.2) is 73.3 Å². The molecule has 0 bridgehead atoms. The standard InChI is InChI=1S/C23H22/c1-5-18(6-2)20-13-11-16(3)15-23(20)22-14-12-17(4)19-9-7-8-10-21(19)22/h5-15H,1H2,2-4H3/b18-6+. The molecule has 0 saturated heterocycles. The molecule has 23 heavy (non-hydrogen) atoms. The van der Waals surface area contributed by atoms with Gasteiger partial charge in [-0.2, -0.15) is 0 Å². The highest BCUT2D eigenvalue weighted by atomic mass is 14.2. The van der Waals surface area contributed by atoms with Gasteiger partial charge in [0.25, 0.3) is 0 Å². The summed E-state index contributed by atoms with van der Waals surface area (Å²) in [6.45, 7) is 10.4. The van der Waals surface area contributed by atoms with Gasteiger partial charge in [0, 0.05) is 0 Å². The quantitative estimate of drug-likeness (QED) is 0.471. The van der Waals surface area contributed by atoms with E-state index in [0.29, 0.717) is 0 Å². The number of rotatable bonds is 3. The fourth-order valence-corrected chi connectivity index (χ4v) is 3.20. The van der Waals surface area contributed by atoms with E-state index in [2.05, 4.69) is 88.0 Å². The Hall–Kier alpha value is -2.60. The number of hydrogen-bond donors (Lipinski definition) is 0. The van der Waals surface area contributed by atoms with E-state index in [1.165, 1.54) is 44.2 Å². The van der Waals surface area contributed by atoms with Crippen molar-refractivity contribution in [3.05, 3.63) is 90.0 Å². The van der Waals surface area contributed by atoms with Crippen LogP contribution >= 0.6 is 0 Å². The normalized spacial score (nSPS) is 11.7. The number of hydrogen-bond acceptors (Lipinski definition) is 0. The van der Waals surface area contributed by atoms with Crippen LogP contribution in [0.1, 0.15) is 23.6 Å². The van der Waals surface area contributed by atoms with E-state index in [0.717, 1.165) is 0 Å². The van der Waals surface area contributed by atoms with Crippen LogP contribution in [0.5, 0.6) is 0 Å². The Balaban J connectivity index is 2.38. The number of benzene rings is 3. The number of allylic oxidation sites excluding steroid dienone is 3. The topological polar surface area (TPSA) is 0 Å². The average Bonchev–Trinajstić information content (AvgIpc) is 2.58. The second-order valence-electron chi connectivity index (χ2n) is 5.97. The lowest BCUT2D eigenvalue weighted by molar-refractivity contribution is 1.44. The molecule has 0 heteroatoms. The maximum Gasteiger partial charge on any atom is -0.00967 e. The maximum absolute atomic E-state index is 3.97. The Kier molecular flexibility index (Phi) is 4.16. The first-order valence-corrected chi connectivity index (χ1v) is 8.04. The van der Waals surface area contributed by atoms with Gasteiger partial charge in [0.15, 0.2) is 0 Å². The zero-order chi connectivity index (χ0) is 16.4. The van der Waals surface area contributed by atoms with Gasteiger partial charge >= 0.3 is 0 Å². The summed E-state index contributed by atoms with van der Waals surface area (Å²) in [6, 6.07) is 19.8. The fraction of sp³-hybridized carbons (Fsp3) is 0.130. The zero-order valence-electron chi connectivity index (χ0n) is 14.1. The molecule has 0 aliphatic heterocycles. The fourth-order valence-electron chi connectivity index (χ4n) is 3.20. The minimum Gasteiger partial charge on any atom is -0.0985 e. The van der Waals surface area contributed by atoms with Crippen LogP contribution in [-0.2, 0) is 0 Å². The average molecular weight is 298 g/mol. The van der Waals surface area contributed by atoms with Crippen LogP contribution in [0, 0.1) is 13.8 Å². The molecule has 0 saturated carbocycles. The molecule has 0 aromatic heterocycles. The highest BCUT2D eigenvalue weighted by Crippen LogP contribution is 2.36. The second-order valence-corrected chi connectivity index (χ2v) is 5.97. The van der Waals surface area contributed by atoms with E-state index >= 15 is 0 Å². The van der Waals surface area contributed by atoms with Crippen molar-refractivity contribution in [2.75, 3.05) is 0 Å². The molecule has 0 heterocycles. The van der Waals surface area contributed by atoms with Gasteiger partial charge in [-0.05, 0) is 59.4 Å². The molecular weight excluding hydrogens is 276 g/mol. The van der Waals surface area contributed by atoms with Crippen molar-refractivity contribution < 1.29 is 0 Å². The molecule has 0 radical (unpaired) electrons. The molecule has 0 N–H and O–H groups in total. The largest absolute Gasteiger partial charge is 0.0985 e. The van der Waals surface area contributed by atoms with Crippen molar-refractivity contribution in [3.63, 3.8) is 0 Å². The van der Waals surface area contributed by atoms with Gasteiger partial charge in [0.05, 0.1) is 0 Å². The highest BCUT2D eigenvalue weighted by Gasteiger charge is 2.11. The van der Waals surface area contributed by atoms with Crippen LogP contribution < -0.4 is 0 Å². The van der Waals surface area contributed by atoms with E-state index in [-0.39, 0.29) is 0 Å². The van der Waals surface area contributed by atoms with E-state index in [9.17, 15) is 0 Å². The first kappa shape index (κ1) is 15.3. The van der Waals surface area contributed by atoms with E-state index in [1.807, 2.05) is 6.08 Å². The summed E-state index contributed by atoms with van der Waals surface area (Å²) < 4.78 is 0. The van der Waals surface area contributed by atoms with E-state index in [4.69, 9.17) is 0 Å². The highest BCUT2D eigenvalue weighted by molar-refractivity contribution is 6.01. The third-order valence-corrected chi connectivity index (χ3v) is 4.45. The SMILES string of the molecule is C=C/C(=C\C)c1ccc(C)cc1-c1ccc(C)c2ccccc12. The molecular formula is C23H22. The number of aryl methyl sites for hydroxylation is 2. The summed E-state index contributed by atoms with van der Waals surface area (Å²) in [7, 11) is 0. The molecule has 0 spiro atoms. The Morgan fingerprint density at radius 3 is 2.30 bits per heavy atom. The summed E-state index contributed by atoms with van der Waals surface area (Å²) in [5, 5.41) is 2.62. The summed E-state index contributed by atoms with van der Waals surface area (Å²) in [6.07, 6.45) is 4.06. The van der Waals surface area contributed by atoms with Crippen molar-refractivity contribution in [1.29, 1.82) is 0 Å². The van der Waals surface area contributed by atoms with Gasteiger partial charge in [0.1, 0.15) is 0 Å². The smallest absolute Gasteiger partial charge is 0.00967 e. The van der Waals surface area contributed by atoms with Crippen molar-refractivity contribution in [2.24, 2.45) is 0 Å². The van der Waals surface area contributed by atoms with Gasteiger partial charge in [-0.15, -0.1) is 0 Å². The molecule has 0 nitrogen and oxygen atoms in total. The summed E-state index contributed by atoms with van der Waals surface area (Å²) in [4.78, 5) is 0. The van der Waals surface area contributed by atoms with E-state index < -0.39 is 0 Å². The van der Waals surface area contributed by atoms with Crippen LogP contribution in [0.3, 0.4) is 0 Å². The van der Waals surface area contributed by atoms with Crippen molar-refractivity contribution in [3.8, 4) is 11.1 Å². The second kappa shape index (κ2) is 6.26. The van der Waals surface area contributed by atoms with Crippen molar-refractivity contribution in [2.45, 2.75) is 20.8 Å². The van der Waals surface area contributed by atoms with Gasteiger partial charge in [-0.3, -0.25) is 0 Å². The molecule has 0 atom stereocenters. The Bertz CT molecular complexity index is 910. The molecule has 114 valence electrons. The molecule has 3 aromatic rings. The maximum atomic E-state index is 3.97. The Morgan fingerprint density at radius 2 is 1.61 bits per heavy atom. The lowest BCUT2D eigenvalue weighted by Crippen LogP contribution is -1.91. The Morgan fingerprint density at radius 1 is 0.870 bits per heavy atom. The lowest BCUT2D eigenvalue weighted by atomic mass is 9.89. The summed E-state index contributed by atoms with van der Waals surface area (Å²) in [5.41, 5.74) is 7.55. The van der Waals surface area contributed by atoms with Crippen molar-refractivity contribution in [1.82, 2.24) is 0 Å². The predicted octanol–water partition coefficient (Wildman–Crippen LogP) is 6.71. The van der Waals surface area contributed by atoms with Gasteiger partial charge in [-0.1, -0.05) is 78.9 Å². The van der Waals surface area contributed by atoms with Gasteiger partial charge in [-0.25, -0.2) is 0 Å². The Labute approximate surface area is 138 Å². The van der Waals surface area contributed by atoms with Crippen LogP contribution in [0.2, 0.25) is 0 Å². The molecule has 0 amide bonds. The summed E-state index contributed by atoms with van der Waals surface area (Å²) in [5.74, 6) is 0. The predicted molar refractivity (Wildman–Crippen MR) is 103 cm³/mol. The van der Waals surface area contributed by atoms with E-state index in [1.54, 1.807) is 0 Å². The molecule has 3 aromatic carbocycles. The monoisotopic (exact) mass is 298 g/mol. The molecule has 3 rings (SSSR count). The molecule has 0 unspecified atom stereocenters. The lowest BCUT2D eigenvalue weighted by Gasteiger charge is -2.15. The molecule has 0 aliphatic rings. The third kappa shape index (κ3) is 2.73. The first-order valence-electron chi connectivity index (χ1n) is 8.04. The zero-order valence-corrected chi connectivity index (χ0v) is 14.1. The van der Waals surface area contributed by atoms with Gasteiger partial charge < -0.3 is 0 Å². The third-order valence-electron chi connectivity index (χ3n) is 4.45. The minimum atomic E-state index is 1.17. The van der Waals surface area contributed by atoms with Crippen LogP contribution in [0.4, 0.5) is 0 Å². The van der Waals surface area contributed by atoms with Crippen LogP contribution in [-0.4, -0.2) is 0 Å². The molecule has 0 fully saturated rings. The first-order chi connectivity index (χ1) is 11.2. The van der Waals surface area contributed by atoms with Gasteiger partial charge in [0.2, 0.25) is 0 Å². The minimum absolute atomic E-state index is 1.17.